The number of thiocarbonyl (C=S) groups is 1. The van der Waals surface area contributed by atoms with E-state index in [-0.39, 0.29) is 0 Å². The molecular formula is C10H19F3N2O4S2. The SMILES string of the molecule is CCOCC[N+](C)(C)CCN=C=S.O=S(=O)([O-])C(F)(F)F. The van der Waals surface area contributed by atoms with E-state index in [2.05, 4.69) is 36.5 Å². The highest BCUT2D eigenvalue weighted by Crippen LogP contribution is 2.20. The lowest BCUT2D eigenvalue weighted by Gasteiger charge is -2.28. The minimum atomic E-state index is -6.09. The van der Waals surface area contributed by atoms with Crippen molar-refractivity contribution in [2.24, 2.45) is 4.99 Å². The number of quaternary nitrogens is 1. The van der Waals surface area contributed by atoms with Crippen LogP contribution in [0.5, 0.6) is 0 Å². The molecule has 0 saturated heterocycles. The van der Waals surface area contributed by atoms with E-state index < -0.39 is 15.6 Å². The molecule has 0 spiro atoms. The summed E-state index contributed by atoms with van der Waals surface area (Å²) in [6.07, 6.45) is 0. The van der Waals surface area contributed by atoms with Crippen LogP contribution in [0.1, 0.15) is 6.92 Å². The summed E-state index contributed by atoms with van der Waals surface area (Å²) in [5, 5.41) is 2.37. The molecule has 0 aromatic heterocycles. The van der Waals surface area contributed by atoms with Crippen LogP contribution < -0.4 is 0 Å². The number of hydrogen-bond acceptors (Lipinski definition) is 6. The zero-order chi connectivity index (χ0) is 17.2. The van der Waals surface area contributed by atoms with Gasteiger partial charge in [-0.05, 0) is 19.1 Å². The molecule has 0 unspecified atom stereocenters. The standard InChI is InChI=1S/C9H19N2OS.CHF3O3S/c1-4-12-8-7-11(2,3)6-5-10-9-13;2-1(3,4)8(5,6)7/h4-8H2,1-3H3;(H,5,6,7)/q+1;/p-1. The Bertz CT molecular complexity index is 432. The number of nitrogens with zero attached hydrogens (tertiary/aromatic N) is 2. The first-order chi connectivity index (χ1) is 9.37. The van der Waals surface area contributed by atoms with Crippen molar-refractivity contribution in [2.75, 3.05) is 46.9 Å². The molecule has 21 heavy (non-hydrogen) atoms. The molecule has 0 bridgehead atoms. The molecule has 0 fully saturated rings. The van der Waals surface area contributed by atoms with Crippen LogP contribution >= 0.6 is 12.2 Å². The number of ether oxygens (including phenoxy) is 1. The molecule has 126 valence electrons. The molecule has 0 aliphatic heterocycles. The highest BCUT2D eigenvalue weighted by Gasteiger charge is 2.36. The van der Waals surface area contributed by atoms with E-state index in [0.29, 0.717) is 0 Å². The fourth-order valence-electron chi connectivity index (χ4n) is 0.934. The maximum Gasteiger partial charge on any atom is 0.485 e. The molecule has 0 heterocycles. The monoisotopic (exact) mass is 352 g/mol. The lowest BCUT2D eigenvalue weighted by atomic mass is 10.4. The summed E-state index contributed by atoms with van der Waals surface area (Å²) in [4.78, 5) is 3.89. The molecule has 0 aromatic rings. The van der Waals surface area contributed by atoms with Gasteiger partial charge in [-0.15, -0.1) is 0 Å². The fraction of sp³-hybridized carbons (Fsp3) is 0.900. The van der Waals surface area contributed by atoms with Gasteiger partial charge in [-0.1, -0.05) is 0 Å². The maximum absolute atomic E-state index is 10.7. The Hall–Kier alpha value is -0.580. The van der Waals surface area contributed by atoms with E-state index in [0.717, 1.165) is 37.3 Å². The first-order valence-electron chi connectivity index (χ1n) is 5.83. The third kappa shape index (κ3) is 14.1. The van der Waals surface area contributed by atoms with Crippen molar-refractivity contribution >= 4 is 27.5 Å². The molecule has 0 atom stereocenters. The molecule has 0 amide bonds. The van der Waals surface area contributed by atoms with Gasteiger partial charge in [0.15, 0.2) is 10.1 Å². The third-order valence-corrected chi connectivity index (χ3v) is 2.91. The highest BCUT2D eigenvalue weighted by atomic mass is 32.2. The minimum Gasteiger partial charge on any atom is -0.741 e. The summed E-state index contributed by atoms with van der Waals surface area (Å²) in [6, 6.07) is 0. The molecule has 0 saturated carbocycles. The van der Waals surface area contributed by atoms with Gasteiger partial charge < -0.3 is 13.8 Å². The van der Waals surface area contributed by atoms with Gasteiger partial charge in [0.2, 0.25) is 0 Å². The summed E-state index contributed by atoms with van der Waals surface area (Å²) >= 11 is 4.50. The molecule has 0 radical (unpaired) electrons. The molecule has 0 N–H and O–H groups in total. The van der Waals surface area contributed by atoms with Crippen molar-refractivity contribution < 1.29 is 35.4 Å². The van der Waals surface area contributed by atoms with Crippen molar-refractivity contribution in [2.45, 2.75) is 12.4 Å². The van der Waals surface area contributed by atoms with E-state index >= 15 is 0 Å². The Morgan fingerprint density at radius 1 is 1.33 bits per heavy atom. The van der Waals surface area contributed by atoms with Crippen molar-refractivity contribution in [3.8, 4) is 0 Å². The molecule has 0 aromatic carbocycles. The molecule has 11 heteroatoms. The summed E-state index contributed by atoms with van der Waals surface area (Å²) in [6.45, 7) is 6.36. The van der Waals surface area contributed by atoms with E-state index in [1.54, 1.807) is 0 Å². The minimum absolute atomic E-state index is 0.753. The second kappa shape index (κ2) is 10.2. The number of rotatable bonds is 7. The van der Waals surface area contributed by atoms with Crippen molar-refractivity contribution in [3.05, 3.63) is 0 Å². The van der Waals surface area contributed by atoms with E-state index in [1.807, 2.05) is 6.92 Å². The first kappa shape index (κ1) is 22.7. The lowest BCUT2D eigenvalue weighted by molar-refractivity contribution is -0.889. The lowest BCUT2D eigenvalue weighted by Crippen LogP contribution is -2.44. The van der Waals surface area contributed by atoms with Crippen molar-refractivity contribution in [1.82, 2.24) is 0 Å². The van der Waals surface area contributed by atoms with Crippen LogP contribution in [0.2, 0.25) is 0 Å². The van der Waals surface area contributed by atoms with Crippen LogP contribution in [0.15, 0.2) is 4.99 Å². The zero-order valence-electron chi connectivity index (χ0n) is 12.0. The summed E-state index contributed by atoms with van der Waals surface area (Å²) in [7, 11) is -1.76. The Morgan fingerprint density at radius 2 is 1.81 bits per heavy atom. The number of isothiocyanates is 1. The molecular weight excluding hydrogens is 333 g/mol. The van der Waals surface area contributed by atoms with E-state index in [4.69, 9.17) is 17.7 Å². The van der Waals surface area contributed by atoms with Crippen molar-refractivity contribution in [1.29, 1.82) is 0 Å². The normalized spacial score (nSPS) is 12.1. The van der Waals surface area contributed by atoms with Gasteiger partial charge in [-0.3, -0.25) is 0 Å². The first-order valence-corrected chi connectivity index (χ1v) is 7.64. The quantitative estimate of drug-likeness (QED) is 0.172. The Kier molecular flexibility index (Phi) is 11.0. The van der Waals surface area contributed by atoms with Crippen molar-refractivity contribution in [3.63, 3.8) is 0 Å². The molecule has 0 aliphatic rings. The molecule has 0 aliphatic carbocycles. The summed E-state index contributed by atoms with van der Waals surface area (Å²) in [5.41, 5.74) is -5.65. The number of hydrogen-bond donors (Lipinski definition) is 0. The average Bonchev–Trinajstić information content (AvgIpc) is 2.27. The third-order valence-electron chi connectivity index (χ3n) is 2.21. The zero-order valence-corrected chi connectivity index (χ0v) is 13.6. The number of halogens is 3. The van der Waals surface area contributed by atoms with Crippen LogP contribution in [-0.2, 0) is 14.9 Å². The van der Waals surface area contributed by atoms with Gasteiger partial charge in [-0.25, -0.2) is 13.4 Å². The van der Waals surface area contributed by atoms with Gasteiger partial charge in [0, 0.05) is 6.61 Å². The van der Waals surface area contributed by atoms with Crippen LogP contribution in [0.4, 0.5) is 13.2 Å². The van der Waals surface area contributed by atoms with Crippen LogP contribution in [0.25, 0.3) is 0 Å². The predicted octanol–water partition coefficient (Wildman–Crippen LogP) is 1.25. The topological polar surface area (TPSA) is 78.8 Å². The average molecular weight is 352 g/mol. The molecule has 6 nitrogen and oxygen atoms in total. The second-order valence-corrected chi connectivity index (χ2v) is 6.01. The maximum atomic E-state index is 10.7. The van der Waals surface area contributed by atoms with Gasteiger partial charge in [0.05, 0.1) is 39.0 Å². The predicted molar refractivity (Wildman–Crippen MR) is 74.0 cm³/mol. The largest absolute Gasteiger partial charge is 0.741 e. The number of aliphatic imine (C=N–C) groups is 1. The summed E-state index contributed by atoms with van der Waals surface area (Å²) < 4.78 is 65.1. The summed E-state index contributed by atoms with van der Waals surface area (Å²) in [5.74, 6) is 0. The molecule has 0 rings (SSSR count). The smallest absolute Gasteiger partial charge is 0.485 e. The van der Waals surface area contributed by atoms with Gasteiger partial charge in [-0.2, -0.15) is 13.2 Å². The highest BCUT2D eigenvalue weighted by molar-refractivity contribution is 7.86. The fourth-order valence-corrected chi connectivity index (χ4v) is 1.03. The Labute approximate surface area is 127 Å². The van der Waals surface area contributed by atoms with Crippen LogP contribution in [0, 0.1) is 0 Å². The van der Waals surface area contributed by atoms with Crippen LogP contribution in [0.3, 0.4) is 0 Å². The Balaban J connectivity index is 0. The second-order valence-electron chi connectivity index (χ2n) is 4.45. The Morgan fingerprint density at radius 3 is 2.14 bits per heavy atom. The van der Waals surface area contributed by atoms with E-state index in [1.165, 1.54) is 0 Å². The number of likely N-dealkylation sites (N-methyl/N-ethyl adjacent to an activating group) is 1. The number of alkyl halides is 3. The van der Waals surface area contributed by atoms with Gasteiger partial charge in [0.1, 0.15) is 6.54 Å². The van der Waals surface area contributed by atoms with Crippen LogP contribution in [-0.4, -0.2) is 75.1 Å². The van der Waals surface area contributed by atoms with Gasteiger partial charge in [0.25, 0.3) is 0 Å². The van der Waals surface area contributed by atoms with Gasteiger partial charge >= 0.3 is 5.51 Å². The van der Waals surface area contributed by atoms with E-state index in [9.17, 15) is 13.2 Å².